The normalized spacial score (nSPS) is 12.1. The van der Waals surface area contributed by atoms with Crippen LogP contribution in [0.1, 0.15) is 5.56 Å². The SMILES string of the molecule is COC(=O)Cc1ccc(S(=O)O)cc1. The molecule has 0 aromatic heterocycles. The molecular weight excluding hydrogens is 204 g/mol. The van der Waals surface area contributed by atoms with E-state index in [0.29, 0.717) is 4.90 Å². The highest BCUT2D eigenvalue weighted by atomic mass is 32.2. The van der Waals surface area contributed by atoms with Crippen LogP contribution in [0, 0.1) is 0 Å². The zero-order valence-electron chi connectivity index (χ0n) is 7.60. The van der Waals surface area contributed by atoms with E-state index >= 15 is 0 Å². The van der Waals surface area contributed by atoms with Gasteiger partial charge in [0.25, 0.3) is 0 Å². The van der Waals surface area contributed by atoms with Crippen LogP contribution in [0.25, 0.3) is 0 Å². The van der Waals surface area contributed by atoms with Crippen LogP contribution in [0.3, 0.4) is 0 Å². The van der Waals surface area contributed by atoms with Gasteiger partial charge in [-0.05, 0) is 17.7 Å². The fourth-order valence-electron chi connectivity index (χ4n) is 0.963. The van der Waals surface area contributed by atoms with Crippen LogP contribution >= 0.6 is 0 Å². The van der Waals surface area contributed by atoms with Crippen molar-refractivity contribution in [2.45, 2.75) is 11.3 Å². The molecule has 1 aromatic carbocycles. The largest absolute Gasteiger partial charge is 0.469 e. The molecule has 0 bridgehead atoms. The van der Waals surface area contributed by atoms with Gasteiger partial charge in [-0.1, -0.05) is 12.1 Å². The third kappa shape index (κ3) is 2.93. The number of methoxy groups -OCH3 is 1. The number of rotatable bonds is 3. The molecule has 76 valence electrons. The monoisotopic (exact) mass is 214 g/mol. The molecule has 5 heteroatoms. The van der Waals surface area contributed by atoms with Crippen LogP contribution in [-0.4, -0.2) is 21.8 Å². The number of ether oxygens (including phenoxy) is 1. The highest BCUT2D eigenvalue weighted by molar-refractivity contribution is 7.79. The van der Waals surface area contributed by atoms with Gasteiger partial charge in [-0.15, -0.1) is 0 Å². The van der Waals surface area contributed by atoms with E-state index in [1.165, 1.54) is 19.2 Å². The molecule has 1 atom stereocenters. The van der Waals surface area contributed by atoms with Crippen LogP contribution in [0.2, 0.25) is 0 Å². The molecule has 0 saturated heterocycles. The molecule has 0 spiro atoms. The van der Waals surface area contributed by atoms with Crippen molar-refractivity contribution < 1.29 is 18.3 Å². The average Bonchev–Trinajstić information content (AvgIpc) is 2.18. The number of carbonyl (C=O) groups is 1. The minimum atomic E-state index is -1.97. The second-order valence-electron chi connectivity index (χ2n) is 2.65. The number of esters is 1. The van der Waals surface area contributed by atoms with Gasteiger partial charge in [0.1, 0.15) is 0 Å². The van der Waals surface area contributed by atoms with E-state index in [0.717, 1.165) is 5.56 Å². The predicted octanol–water partition coefficient (Wildman–Crippen LogP) is 0.983. The number of hydrogen-bond acceptors (Lipinski definition) is 3. The third-order valence-electron chi connectivity index (χ3n) is 1.70. The molecule has 0 aliphatic rings. The highest BCUT2D eigenvalue weighted by Crippen LogP contribution is 2.08. The van der Waals surface area contributed by atoms with Crippen molar-refractivity contribution in [2.24, 2.45) is 0 Å². The molecule has 1 aromatic rings. The summed E-state index contributed by atoms with van der Waals surface area (Å²) < 4.78 is 23.8. The summed E-state index contributed by atoms with van der Waals surface area (Å²) in [6.07, 6.45) is 0.175. The number of carbonyl (C=O) groups excluding carboxylic acids is 1. The summed E-state index contributed by atoms with van der Waals surface area (Å²) in [6.45, 7) is 0. The van der Waals surface area contributed by atoms with Crippen molar-refractivity contribution >= 4 is 17.0 Å². The van der Waals surface area contributed by atoms with Crippen LogP contribution < -0.4 is 0 Å². The first-order valence-electron chi connectivity index (χ1n) is 3.90. The Balaban J connectivity index is 2.73. The van der Waals surface area contributed by atoms with Gasteiger partial charge >= 0.3 is 5.97 Å². The maximum Gasteiger partial charge on any atom is 0.309 e. The molecule has 0 fully saturated rings. The van der Waals surface area contributed by atoms with Crippen LogP contribution in [0.4, 0.5) is 0 Å². The van der Waals surface area contributed by atoms with Crippen molar-refractivity contribution in [3.05, 3.63) is 29.8 Å². The standard InChI is InChI=1S/C9H10O4S/c1-13-9(10)6-7-2-4-8(5-3-7)14(11)12/h2-5H,6H2,1H3,(H,11,12). The van der Waals surface area contributed by atoms with E-state index in [9.17, 15) is 9.00 Å². The highest BCUT2D eigenvalue weighted by Gasteiger charge is 2.03. The lowest BCUT2D eigenvalue weighted by Crippen LogP contribution is -2.04. The van der Waals surface area contributed by atoms with E-state index in [4.69, 9.17) is 4.55 Å². The smallest absolute Gasteiger partial charge is 0.309 e. The summed E-state index contributed by atoms with van der Waals surface area (Å²) in [5.74, 6) is -0.331. The fraction of sp³-hybridized carbons (Fsp3) is 0.222. The summed E-state index contributed by atoms with van der Waals surface area (Å²) >= 11 is -1.97. The molecule has 0 heterocycles. The van der Waals surface area contributed by atoms with Crippen molar-refractivity contribution in [1.82, 2.24) is 0 Å². The topological polar surface area (TPSA) is 63.6 Å². The van der Waals surface area contributed by atoms with Crippen LogP contribution in [0.5, 0.6) is 0 Å². The van der Waals surface area contributed by atoms with E-state index in [1.54, 1.807) is 12.1 Å². The quantitative estimate of drug-likeness (QED) is 0.602. The molecule has 1 N–H and O–H groups in total. The summed E-state index contributed by atoms with van der Waals surface area (Å²) in [5.41, 5.74) is 0.756. The molecule has 0 radical (unpaired) electrons. The Bertz CT molecular complexity index is 344. The Morgan fingerprint density at radius 2 is 2.00 bits per heavy atom. The Labute approximate surface area is 84.2 Å². The van der Waals surface area contributed by atoms with Crippen molar-refractivity contribution in [1.29, 1.82) is 0 Å². The van der Waals surface area contributed by atoms with E-state index in [2.05, 4.69) is 4.74 Å². The fourth-order valence-corrected chi connectivity index (χ4v) is 1.33. The summed E-state index contributed by atoms with van der Waals surface area (Å²) in [6, 6.07) is 6.27. The molecular formula is C9H10O4S. The second-order valence-corrected chi connectivity index (χ2v) is 3.62. The van der Waals surface area contributed by atoms with Gasteiger partial charge in [-0.25, -0.2) is 4.21 Å². The van der Waals surface area contributed by atoms with Crippen molar-refractivity contribution in [3.8, 4) is 0 Å². The maximum atomic E-state index is 10.9. The Morgan fingerprint density at radius 1 is 1.43 bits per heavy atom. The molecule has 0 aliphatic heterocycles. The lowest BCUT2D eigenvalue weighted by Gasteiger charge is -2.00. The van der Waals surface area contributed by atoms with Crippen LogP contribution in [0.15, 0.2) is 29.2 Å². The van der Waals surface area contributed by atoms with Gasteiger partial charge in [0, 0.05) is 0 Å². The summed E-state index contributed by atoms with van der Waals surface area (Å²) in [7, 11) is 1.32. The molecule has 14 heavy (non-hydrogen) atoms. The van der Waals surface area contributed by atoms with E-state index in [-0.39, 0.29) is 12.4 Å². The first kappa shape index (κ1) is 10.9. The first-order chi connectivity index (χ1) is 6.63. The number of benzene rings is 1. The molecule has 1 unspecified atom stereocenters. The molecule has 0 saturated carbocycles. The second kappa shape index (κ2) is 4.88. The molecule has 0 amide bonds. The molecule has 0 aliphatic carbocycles. The van der Waals surface area contributed by atoms with Gasteiger partial charge < -0.3 is 9.29 Å². The lowest BCUT2D eigenvalue weighted by atomic mass is 10.2. The minimum absolute atomic E-state index is 0.175. The number of hydrogen-bond donors (Lipinski definition) is 1. The Hall–Kier alpha value is -1.20. The van der Waals surface area contributed by atoms with Crippen LogP contribution in [-0.2, 0) is 27.0 Å². The Kier molecular flexibility index (Phi) is 3.79. The van der Waals surface area contributed by atoms with Gasteiger partial charge in [0.05, 0.1) is 18.4 Å². The van der Waals surface area contributed by atoms with E-state index in [1.807, 2.05) is 0 Å². The zero-order valence-corrected chi connectivity index (χ0v) is 8.41. The van der Waals surface area contributed by atoms with Crippen molar-refractivity contribution in [3.63, 3.8) is 0 Å². The summed E-state index contributed by atoms with van der Waals surface area (Å²) in [5, 5.41) is 0. The van der Waals surface area contributed by atoms with E-state index < -0.39 is 11.1 Å². The molecule has 4 nitrogen and oxygen atoms in total. The summed E-state index contributed by atoms with van der Waals surface area (Å²) in [4.78, 5) is 11.2. The average molecular weight is 214 g/mol. The van der Waals surface area contributed by atoms with Gasteiger partial charge in [-0.3, -0.25) is 4.79 Å². The first-order valence-corrected chi connectivity index (χ1v) is 5.01. The van der Waals surface area contributed by atoms with Gasteiger partial charge in [0.15, 0.2) is 11.1 Å². The maximum absolute atomic E-state index is 10.9. The predicted molar refractivity (Wildman–Crippen MR) is 51.2 cm³/mol. The molecule has 1 rings (SSSR count). The van der Waals surface area contributed by atoms with Gasteiger partial charge in [0.2, 0.25) is 0 Å². The Morgan fingerprint density at radius 3 is 2.43 bits per heavy atom. The van der Waals surface area contributed by atoms with Crippen molar-refractivity contribution in [2.75, 3.05) is 7.11 Å². The lowest BCUT2D eigenvalue weighted by molar-refractivity contribution is -0.139. The zero-order chi connectivity index (χ0) is 10.6. The van der Waals surface area contributed by atoms with Gasteiger partial charge in [-0.2, -0.15) is 0 Å². The third-order valence-corrected chi connectivity index (χ3v) is 2.38. The minimum Gasteiger partial charge on any atom is -0.469 e.